The molecular formula is C12H9N3O3. The fourth-order valence-corrected chi connectivity index (χ4v) is 1.66. The van der Waals surface area contributed by atoms with Crippen molar-refractivity contribution in [3.63, 3.8) is 0 Å². The van der Waals surface area contributed by atoms with Gasteiger partial charge in [-0.05, 0) is 18.2 Å². The van der Waals surface area contributed by atoms with Crippen molar-refractivity contribution >= 4 is 5.69 Å². The zero-order valence-corrected chi connectivity index (χ0v) is 9.53. The van der Waals surface area contributed by atoms with Crippen molar-refractivity contribution in [2.75, 3.05) is 7.11 Å². The molecule has 0 fully saturated rings. The first-order chi connectivity index (χ1) is 8.67. The number of nitrogens with zero attached hydrogens (tertiary/aromatic N) is 3. The van der Waals surface area contributed by atoms with Crippen molar-refractivity contribution in [1.29, 1.82) is 5.26 Å². The molecule has 0 spiro atoms. The molecule has 2 aromatic rings. The number of nitro groups is 1. The Bertz CT molecular complexity index is 640. The number of ether oxygens (including phenoxy) is 1. The highest BCUT2D eigenvalue weighted by molar-refractivity contribution is 5.57. The van der Waals surface area contributed by atoms with E-state index in [2.05, 4.69) is 0 Å². The molecule has 0 bridgehead atoms. The SMILES string of the molecule is COc1ccc([N+](=O)[O-])c(-n2cccc2C#N)c1. The highest BCUT2D eigenvalue weighted by Gasteiger charge is 2.17. The van der Waals surface area contributed by atoms with Gasteiger partial charge in [0.25, 0.3) is 5.69 Å². The second-order valence-corrected chi connectivity index (χ2v) is 3.49. The number of benzene rings is 1. The first-order valence-corrected chi connectivity index (χ1v) is 5.07. The summed E-state index contributed by atoms with van der Waals surface area (Å²) >= 11 is 0. The molecule has 0 aliphatic carbocycles. The van der Waals surface area contributed by atoms with Crippen LogP contribution < -0.4 is 4.74 Å². The van der Waals surface area contributed by atoms with Crippen LogP contribution in [0.5, 0.6) is 5.75 Å². The van der Waals surface area contributed by atoms with Gasteiger partial charge in [0.15, 0.2) is 0 Å². The maximum absolute atomic E-state index is 11.0. The lowest BCUT2D eigenvalue weighted by molar-refractivity contribution is -0.384. The van der Waals surface area contributed by atoms with E-state index in [4.69, 9.17) is 10.00 Å². The van der Waals surface area contributed by atoms with Gasteiger partial charge in [-0.25, -0.2) is 0 Å². The Morgan fingerprint density at radius 2 is 2.22 bits per heavy atom. The van der Waals surface area contributed by atoms with Crippen LogP contribution in [0.4, 0.5) is 5.69 Å². The van der Waals surface area contributed by atoms with E-state index in [1.165, 1.54) is 29.9 Å². The summed E-state index contributed by atoms with van der Waals surface area (Å²) in [4.78, 5) is 10.5. The molecular weight excluding hydrogens is 234 g/mol. The number of nitro benzene ring substituents is 1. The fourth-order valence-electron chi connectivity index (χ4n) is 1.66. The monoisotopic (exact) mass is 243 g/mol. The number of methoxy groups -OCH3 is 1. The average Bonchev–Trinajstić information content (AvgIpc) is 2.85. The Morgan fingerprint density at radius 1 is 1.44 bits per heavy atom. The lowest BCUT2D eigenvalue weighted by atomic mass is 10.2. The van der Waals surface area contributed by atoms with E-state index < -0.39 is 4.92 Å². The third-order valence-corrected chi connectivity index (χ3v) is 2.50. The van der Waals surface area contributed by atoms with Crippen molar-refractivity contribution < 1.29 is 9.66 Å². The van der Waals surface area contributed by atoms with Crippen LogP contribution in [0.15, 0.2) is 36.5 Å². The summed E-state index contributed by atoms with van der Waals surface area (Å²) in [6.45, 7) is 0. The van der Waals surface area contributed by atoms with Gasteiger partial charge >= 0.3 is 0 Å². The molecule has 0 saturated heterocycles. The Morgan fingerprint density at radius 3 is 2.83 bits per heavy atom. The minimum Gasteiger partial charge on any atom is -0.497 e. The summed E-state index contributed by atoms with van der Waals surface area (Å²) in [5, 5.41) is 19.9. The van der Waals surface area contributed by atoms with Gasteiger partial charge in [-0.15, -0.1) is 0 Å². The summed E-state index contributed by atoms with van der Waals surface area (Å²) in [6, 6.07) is 9.61. The third kappa shape index (κ3) is 1.89. The molecule has 6 nitrogen and oxygen atoms in total. The second kappa shape index (κ2) is 4.59. The van der Waals surface area contributed by atoms with Crippen LogP contribution in [0.3, 0.4) is 0 Å². The van der Waals surface area contributed by atoms with Crippen molar-refractivity contribution in [3.05, 3.63) is 52.3 Å². The molecule has 1 aromatic carbocycles. The van der Waals surface area contributed by atoms with Crippen molar-refractivity contribution in [2.45, 2.75) is 0 Å². The molecule has 2 rings (SSSR count). The van der Waals surface area contributed by atoms with E-state index in [-0.39, 0.29) is 5.69 Å². The molecule has 1 aromatic heterocycles. The molecule has 6 heteroatoms. The molecule has 18 heavy (non-hydrogen) atoms. The topological polar surface area (TPSA) is 81.1 Å². The van der Waals surface area contributed by atoms with Gasteiger partial charge in [0.1, 0.15) is 23.2 Å². The summed E-state index contributed by atoms with van der Waals surface area (Å²) in [5.74, 6) is 0.494. The lowest BCUT2D eigenvalue weighted by Crippen LogP contribution is -2.01. The van der Waals surface area contributed by atoms with Gasteiger partial charge in [-0.1, -0.05) is 0 Å². The van der Waals surface area contributed by atoms with Crippen molar-refractivity contribution in [3.8, 4) is 17.5 Å². The predicted molar refractivity (Wildman–Crippen MR) is 63.7 cm³/mol. The summed E-state index contributed by atoms with van der Waals surface area (Å²) in [7, 11) is 1.48. The van der Waals surface area contributed by atoms with Crippen LogP contribution in [0.1, 0.15) is 5.69 Å². The molecule has 0 aliphatic heterocycles. The van der Waals surface area contributed by atoms with Gasteiger partial charge in [0.2, 0.25) is 0 Å². The Labute approximate surface area is 103 Å². The Kier molecular flexibility index (Phi) is 2.98. The maximum atomic E-state index is 11.0. The van der Waals surface area contributed by atoms with Crippen LogP contribution in [-0.4, -0.2) is 16.6 Å². The first-order valence-electron chi connectivity index (χ1n) is 5.07. The molecule has 0 saturated carbocycles. The van der Waals surface area contributed by atoms with Gasteiger partial charge in [0, 0.05) is 18.3 Å². The molecule has 1 heterocycles. The zero-order chi connectivity index (χ0) is 13.1. The van der Waals surface area contributed by atoms with Crippen molar-refractivity contribution in [1.82, 2.24) is 4.57 Å². The molecule has 90 valence electrons. The van der Waals surface area contributed by atoms with Gasteiger partial charge in [-0.2, -0.15) is 5.26 Å². The summed E-state index contributed by atoms with van der Waals surface area (Å²) in [5.41, 5.74) is 0.552. The number of rotatable bonds is 3. The minimum atomic E-state index is -0.490. The Hall–Kier alpha value is -2.81. The van der Waals surface area contributed by atoms with Gasteiger partial charge in [0.05, 0.1) is 12.0 Å². The van der Waals surface area contributed by atoms with Crippen LogP contribution in [0.25, 0.3) is 5.69 Å². The van der Waals surface area contributed by atoms with E-state index in [0.717, 1.165) is 0 Å². The molecule has 0 N–H and O–H groups in total. The Balaban J connectivity index is 2.68. The number of hydrogen-bond donors (Lipinski definition) is 0. The van der Waals surface area contributed by atoms with Crippen LogP contribution >= 0.6 is 0 Å². The quantitative estimate of drug-likeness (QED) is 0.611. The molecule has 0 aliphatic rings. The van der Waals surface area contributed by atoms with E-state index in [0.29, 0.717) is 17.1 Å². The molecule has 0 amide bonds. The van der Waals surface area contributed by atoms with Gasteiger partial charge < -0.3 is 9.30 Å². The highest BCUT2D eigenvalue weighted by atomic mass is 16.6. The maximum Gasteiger partial charge on any atom is 0.293 e. The third-order valence-electron chi connectivity index (χ3n) is 2.50. The standard InChI is InChI=1S/C12H9N3O3/c1-18-10-4-5-11(15(16)17)12(7-10)14-6-2-3-9(14)8-13/h2-7H,1H3. The molecule has 0 atom stereocenters. The first kappa shape index (κ1) is 11.7. The number of aromatic nitrogens is 1. The predicted octanol–water partition coefficient (Wildman–Crippen LogP) is 2.27. The number of hydrogen-bond acceptors (Lipinski definition) is 4. The normalized spacial score (nSPS) is 9.78. The minimum absolute atomic E-state index is 0.0801. The van der Waals surface area contributed by atoms with E-state index in [1.807, 2.05) is 6.07 Å². The van der Waals surface area contributed by atoms with E-state index in [9.17, 15) is 10.1 Å². The summed E-state index contributed by atoms with van der Waals surface area (Å²) in [6.07, 6.45) is 1.60. The molecule has 0 radical (unpaired) electrons. The lowest BCUT2D eigenvalue weighted by Gasteiger charge is -2.07. The van der Waals surface area contributed by atoms with Crippen LogP contribution in [-0.2, 0) is 0 Å². The summed E-state index contributed by atoms with van der Waals surface area (Å²) < 4.78 is 6.50. The van der Waals surface area contributed by atoms with Crippen LogP contribution in [0.2, 0.25) is 0 Å². The number of nitriles is 1. The molecule has 0 unspecified atom stereocenters. The largest absolute Gasteiger partial charge is 0.497 e. The average molecular weight is 243 g/mol. The fraction of sp³-hybridized carbons (Fsp3) is 0.0833. The van der Waals surface area contributed by atoms with Gasteiger partial charge in [-0.3, -0.25) is 10.1 Å². The smallest absolute Gasteiger partial charge is 0.293 e. The van der Waals surface area contributed by atoms with Crippen molar-refractivity contribution in [2.24, 2.45) is 0 Å². The second-order valence-electron chi connectivity index (χ2n) is 3.49. The van der Waals surface area contributed by atoms with E-state index >= 15 is 0 Å². The van der Waals surface area contributed by atoms with E-state index in [1.54, 1.807) is 18.3 Å². The van der Waals surface area contributed by atoms with Crippen LogP contribution in [0, 0.1) is 21.4 Å². The zero-order valence-electron chi connectivity index (χ0n) is 9.53. The highest BCUT2D eigenvalue weighted by Crippen LogP contribution is 2.28.